The van der Waals surface area contributed by atoms with Gasteiger partial charge in [-0.1, -0.05) is 72.3 Å². The molecule has 0 radical (unpaired) electrons. The molecule has 0 aliphatic carbocycles. The highest BCUT2D eigenvalue weighted by molar-refractivity contribution is 5.95. The molecule has 6 nitrogen and oxygen atoms in total. The van der Waals surface area contributed by atoms with Crippen LogP contribution in [0, 0.1) is 6.92 Å². The van der Waals surface area contributed by atoms with Crippen LogP contribution < -0.4 is 19.6 Å². The summed E-state index contributed by atoms with van der Waals surface area (Å²) >= 11 is 0. The van der Waals surface area contributed by atoms with Crippen LogP contribution in [0.1, 0.15) is 32.6 Å². The van der Waals surface area contributed by atoms with Crippen molar-refractivity contribution in [3.63, 3.8) is 0 Å². The zero-order chi connectivity index (χ0) is 25.2. The summed E-state index contributed by atoms with van der Waals surface area (Å²) in [5.74, 6) is 1.34. The zero-order valence-corrected chi connectivity index (χ0v) is 20.3. The highest BCUT2D eigenvalue weighted by Gasteiger charge is 2.11. The number of nitrogens with zero attached hydrogens (tertiary/aromatic N) is 1. The van der Waals surface area contributed by atoms with Crippen LogP contribution in [0.4, 0.5) is 0 Å². The minimum atomic E-state index is -0.364. The number of carbonyl (C=O) groups is 1. The van der Waals surface area contributed by atoms with Gasteiger partial charge in [-0.2, -0.15) is 5.10 Å². The molecule has 182 valence electrons. The quantitative estimate of drug-likeness (QED) is 0.226. The summed E-state index contributed by atoms with van der Waals surface area (Å²) in [6, 6.07) is 30.6. The summed E-state index contributed by atoms with van der Waals surface area (Å²) in [6.07, 6.45) is 1.57. The number of benzene rings is 4. The van der Waals surface area contributed by atoms with E-state index in [2.05, 4.69) is 29.6 Å². The van der Waals surface area contributed by atoms with E-state index >= 15 is 0 Å². The van der Waals surface area contributed by atoms with Gasteiger partial charge in [0.1, 0.15) is 19.0 Å². The summed E-state index contributed by atoms with van der Waals surface area (Å²) < 4.78 is 17.3. The molecule has 0 heterocycles. The Balaban J connectivity index is 1.36. The number of hydrogen-bond donors (Lipinski definition) is 1. The average molecular weight is 481 g/mol. The van der Waals surface area contributed by atoms with Gasteiger partial charge < -0.3 is 14.2 Å². The number of rotatable bonds is 10. The first-order chi connectivity index (χ1) is 17.6. The highest BCUT2D eigenvalue weighted by atomic mass is 16.5. The second-order valence-electron chi connectivity index (χ2n) is 8.15. The number of methoxy groups -OCH3 is 1. The van der Waals surface area contributed by atoms with Crippen molar-refractivity contribution in [1.82, 2.24) is 5.43 Å². The summed E-state index contributed by atoms with van der Waals surface area (Å²) in [4.78, 5) is 12.7. The zero-order valence-electron chi connectivity index (χ0n) is 20.3. The van der Waals surface area contributed by atoms with Crippen LogP contribution in [0.25, 0.3) is 0 Å². The smallest absolute Gasteiger partial charge is 0.271 e. The minimum absolute atomic E-state index is 0.364. The molecule has 1 amide bonds. The number of amides is 1. The van der Waals surface area contributed by atoms with Crippen molar-refractivity contribution < 1.29 is 19.0 Å². The van der Waals surface area contributed by atoms with Crippen LogP contribution in [0.2, 0.25) is 0 Å². The molecule has 0 atom stereocenters. The number of hydrazone groups is 1. The number of nitrogens with one attached hydrogen (secondary N) is 1. The van der Waals surface area contributed by atoms with E-state index in [4.69, 9.17) is 14.2 Å². The second-order valence-corrected chi connectivity index (χ2v) is 8.15. The Bertz CT molecular complexity index is 1320. The summed E-state index contributed by atoms with van der Waals surface area (Å²) in [6.45, 7) is 2.89. The van der Waals surface area contributed by atoms with Crippen LogP contribution in [0.3, 0.4) is 0 Å². The van der Waals surface area contributed by atoms with Crippen LogP contribution in [0.15, 0.2) is 102 Å². The Morgan fingerprint density at radius 2 is 1.44 bits per heavy atom. The Morgan fingerprint density at radius 3 is 2.19 bits per heavy atom. The van der Waals surface area contributed by atoms with Gasteiger partial charge in [-0.05, 0) is 48.4 Å². The van der Waals surface area contributed by atoms with Gasteiger partial charge in [0.25, 0.3) is 5.91 Å². The lowest BCUT2D eigenvalue weighted by Crippen LogP contribution is -2.17. The maximum atomic E-state index is 12.7. The lowest BCUT2D eigenvalue weighted by atomic mass is 10.1. The van der Waals surface area contributed by atoms with Crippen molar-refractivity contribution >= 4 is 12.1 Å². The summed E-state index contributed by atoms with van der Waals surface area (Å²) in [5.41, 5.74) is 7.04. The Morgan fingerprint density at radius 1 is 0.778 bits per heavy atom. The normalized spacial score (nSPS) is 10.7. The van der Waals surface area contributed by atoms with Gasteiger partial charge >= 0.3 is 0 Å². The molecule has 0 bridgehead atoms. The number of aryl methyl sites for hydroxylation is 1. The predicted molar refractivity (Wildman–Crippen MR) is 141 cm³/mol. The predicted octanol–water partition coefficient (Wildman–Crippen LogP) is 5.93. The lowest BCUT2D eigenvalue weighted by molar-refractivity contribution is 0.0954. The Labute approximate surface area is 211 Å². The average Bonchev–Trinajstić information content (AvgIpc) is 2.92. The maximum absolute atomic E-state index is 12.7. The van der Waals surface area contributed by atoms with E-state index in [0.717, 1.165) is 16.7 Å². The van der Waals surface area contributed by atoms with Gasteiger partial charge in [-0.3, -0.25) is 4.79 Å². The molecular weight excluding hydrogens is 452 g/mol. The molecule has 0 saturated carbocycles. The molecule has 0 spiro atoms. The third kappa shape index (κ3) is 6.73. The molecule has 4 aromatic rings. The van der Waals surface area contributed by atoms with Gasteiger partial charge in [0.2, 0.25) is 0 Å². The first kappa shape index (κ1) is 24.5. The molecule has 0 aromatic heterocycles. The topological polar surface area (TPSA) is 69.2 Å². The number of para-hydroxylation sites is 1. The van der Waals surface area contributed by atoms with Crippen molar-refractivity contribution in [2.45, 2.75) is 20.1 Å². The minimum Gasteiger partial charge on any atom is -0.493 e. The molecular formula is C30H28N2O4. The molecule has 36 heavy (non-hydrogen) atoms. The van der Waals surface area contributed by atoms with Crippen molar-refractivity contribution in [1.29, 1.82) is 0 Å². The van der Waals surface area contributed by atoms with Gasteiger partial charge in [-0.25, -0.2) is 5.43 Å². The van der Waals surface area contributed by atoms with Gasteiger partial charge in [0, 0.05) is 11.1 Å². The van der Waals surface area contributed by atoms with Crippen LogP contribution in [0.5, 0.6) is 17.2 Å². The third-order valence-electron chi connectivity index (χ3n) is 5.47. The van der Waals surface area contributed by atoms with E-state index in [0.29, 0.717) is 36.0 Å². The fourth-order valence-corrected chi connectivity index (χ4v) is 3.45. The van der Waals surface area contributed by atoms with Crippen molar-refractivity contribution in [3.05, 3.63) is 125 Å². The Kier molecular flexibility index (Phi) is 8.33. The standard InChI is InChI=1S/C30H28N2O4/c1-22-12-14-24(15-13-22)21-35-27-11-7-6-10-26(27)19-31-32-30(33)25-16-17-28(29(18-25)34-2)36-20-23-8-4-3-5-9-23/h3-19H,20-21H2,1-2H3,(H,32,33)/b31-19+. The first-order valence-corrected chi connectivity index (χ1v) is 11.6. The molecule has 1 N–H and O–H groups in total. The highest BCUT2D eigenvalue weighted by Crippen LogP contribution is 2.29. The molecule has 0 unspecified atom stereocenters. The SMILES string of the molecule is COc1cc(C(=O)N/N=C/c2ccccc2OCc2ccc(C)cc2)ccc1OCc1ccccc1. The number of carbonyl (C=O) groups excluding carboxylic acids is 1. The third-order valence-corrected chi connectivity index (χ3v) is 5.47. The van der Waals surface area contributed by atoms with E-state index < -0.39 is 0 Å². The summed E-state index contributed by atoms with van der Waals surface area (Å²) in [7, 11) is 1.54. The van der Waals surface area contributed by atoms with Gasteiger partial charge in [-0.15, -0.1) is 0 Å². The Hall–Kier alpha value is -4.58. The first-order valence-electron chi connectivity index (χ1n) is 11.6. The molecule has 4 aromatic carbocycles. The largest absolute Gasteiger partial charge is 0.493 e. The molecule has 0 fully saturated rings. The van der Waals surface area contributed by atoms with Crippen LogP contribution in [-0.4, -0.2) is 19.2 Å². The van der Waals surface area contributed by atoms with E-state index in [9.17, 15) is 4.79 Å². The maximum Gasteiger partial charge on any atom is 0.271 e. The van der Waals surface area contributed by atoms with E-state index in [-0.39, 0.29) is 5.91 Å². The molecule has 0 saturated heterocycles. The van der Waals surface area contributed by atoms with Crippen molar-refractivity contribution in [2.75, 3.05) is 7.11 Å². The van der Waals surface area contributed by atoms with Crippen molar-refractivity contribution in [3.8, 4) is 17.2 Å². The van der Waals surface area contributed by atoms with Crippen LogP contribution >= 0.6 is 0 Å². The number of hydrogen-bond acceptors (Lipinski definition) is 5. The van der Waals surface area contributed by atoms with E-state index in [1.807, 2.05) is 66.7 Å². The fraction of sp³-hybridized carbons (Fsp3) is 0.133. The van der Waals surface area contributed by atoms with Gasteiger partial charge in [0.05, 0.1) is 13.3 Å². The fourth-order valence-electron chi connectivity index (χ4n) is 3.45. The van der Waals surface area contributed by atoms with Gasteiger partial charge in [0.15, 0.2) is 11.5 Å². The van der Waals surface area contributed by atoms with Crippen LogP contribution in [-0.2, 0) is 13.2 Å². The lowest BCUT2D eigenvalue weighted by Gasteiger charge is -2.12. The van der Waals surface area contributed by atoms with E-state index in [1.165, 1.54) is 12.7 Å². The molecule has 0 aliphatic rings. The van der Waals surface area contributed by atoms with E-state index in [1.54, 1.807) is 24.4 Å². The summed E-state index contributed by atoms with van der Waals surface area (Å²) in [5, 5.41) is 4.12. The molecule has 6 heteroatoms. The number of ether oxygens (including phenoxy) is 3. The van der Waals surface area contributed by atoms with Crippen molar-refractivity contribution in [2.24, 2.45) is 5.10 Å². The second kappa shape index (κ2) is 12.2. The monoisotopic (exact) mass is 480 g/mol. The molecule has 0 aliphatic heterocycles. The molecule has 4 rings (SSSR count).